The summed E-state index contributed by atoms with van der Waals surface area (Å²) in [6.45, 7) is 2.58. The Morgan fingerprint density at radius 1 is 1.35 bits per heavy atom. The van der Waals surface area contributed by atoms with Crippen molar-refractivity contribution < 1.29 is 14.3 Å². The molecule has 0 aliphatic carbocycles. The van der Waals surface area contributed by atoms with Crippen LogP contribution in [0.5, 0.6) is 5.75 Å². The van der Waals surface area contributed by atoms with Crippen LogP contribution in [0.4, 0.5) is 0 Å². The Hall–Kier alpha value is -0.930. The molecule has 1 aromatic carbocycles. The van der Waals surface area contributed by atoms with Crippen molar-refractivity contribution in [2.24, 2.45) is 0 Å². The van der Waals surface area contributed by atoms with Crippen LogP contribution in [0.3, 0.4) is 0 Å². The van der Waals surface area contributed by atoms with Gasteiger partial charge in [0.2, 0.25) is 0 Å². The zero-order valence-electron chi connectivity index (χ0n) is 9.54. The summed E-state index contributed by atoms with van der Waals surface area (Å²) >= 11 is 11.7. The van der Waals surface area contributed by atoms with Crippen LogP contribution in [-0.2, 0) is 9.53 Å². The lowest BCUT2D eigenvalue weighted by atomic mass is 10.3. The monoisotopic (exact) mass is 276 g/mol. The molecule has 0 saturated heterocycles. The topological polar surface area (TPSA) is 35.5 Å². The maximum absolute atomic E-state index is 11.1. The highest BCUT2D eigenvalue weighted by atomic mass is 35.5. The highest BCUT2D eigenvalue weighted by molar-refractivity contribution is 6.34. The number of halogens is 2. The summed E-state index contributed by atoms with van der Waals surface area (Å²) in [7, 11) is 0. The third-order valence-corrected chi connectivity index (χ3v) is 2.53. The molecular weight excluding hydrogens is 263 g/mol. The van der Waals surface area contributed by atoms with Gasteiger partial charge in [0.15, 0.2) is 0 Å². The van der Waals surface area contributed by atoms with Gasteiger partial charge in [-0.15, -0.1) is 0 Å². The number of hydrogen-bond acceptors (Lipinski definition) is 3. The van der Waals surface area contributed by atoms with E-state index in [4.69, 9.17) is 32.7 Å². The first kappa shape index (κ1) is 14.1. The molecule has 0 saturated carbocycles. The standard InChI is InChI=1S/C12H14Cl2O3/c1-2-16-12(15)4-3-7-17-11-8-9(13)5-6-10(11)14/h5-6,8H,2-4,7H2,1H3. The Morgan fingerprint density at radius 3 is 2.82 bits per heavy atom. The summed E-state index contributed by atoms with van der Waals surface area (Å²) in [5, 5.41) is 1.07. The zero-order valence-corrected chi connectivity index (χ0v) is 11.1. The summed E-state index contributed by atoms with van der Waals surface area (Å²) in [5.41, 5.74) is 0. The van der Waals surface area contributed by atoms with E-state index in [0.29, 0.717) is 41.9 Å². The molecule has 0 amide bonds. The minimum atomic E-state index is -0.215. The molecule has 0 heterocycles. The molecule has 0 aliphatic heterocycles. The summed E-state index contributed by atoms with van der Waals surface area (Å²) < 4.78 is 10.2. The number of benzene rings is 1. The van der Waals surface area contributed by atoms with Gasteiger partial charge in [-0.2, -0.15) is 0 Å². The van der Waals surface area contributed by atoms with Gasteiger partial charge in [0.25, 0.3) is 0 Å². The molecule has 1 rings (SSSR count). The van der Waals surface area contributed by atoms with E-state index in [1.165, 1.54) is 0 Å². The Bertz CT molecular complexity index is 380. The van der Waals surface area contributed by atoms with E-state index in [0.717, 1.165) is 0 Å². The molecule has 17 heavy (non-hydrogen) atoms. The van der Waals surface area contributed by atoms with Crippen LogP contribution in [0.25, 0.3) is 0 Å². The molecule has 0 aliphatic rings. The van der Waals surface area contributed by atoms with Gasteiger partial charge in [-0.3, -0.25) is 4.79 Å². The minimum absolute atomic E-state index is 0.215. The number of rotatable bonds is 6. The molecule has 1 aromatic rings. The summed E-state index contributed by atoms with van der Waals surface area (Å²) in [6, 6.07) is 5.01. The van der Waals surface area contributed by atoms with Crippen molar-refractivity contribution >= 4 is 29.2 Å². The van der Waals surface area contributed by atoms with Crippen molar-refractivity contribution in [1.29, 1.82) is 0 Å². The molecule has 0 N–H and O–H groups in total. The highest BCUT2D eigenvalue weighted by Crippen LogP contribution is 2.27. The first-order valence-corrected chi connectivity index (χ1v) is 6.12. The van der Waals surface area contributed by atoms with Crippen LogP contribution in [0.15, 0.2) is 18.2 Å². The average molecular weight is 277 g/mol. The van der Waals surface area contributed by atoms with Crippen LogP contribution in [0, 0.1) is 0 Å². The molecule has 94 valence electrons. The zero-order chi connectivity index (χ0) is 12.7. The van der Waals surface area contributed by atoms with Gasteiger partial charge in [-0.05, 0) is 25.5 Å². The number of ether oxygens (including phenoxy) is 2. The van der Waals surface area contributed by atoms with Crippen LogP contribution in [0.1, 0.15) is 19.8 Å². The van der Waals surface area contributed by atoms with Crippen LogP contribution < -0.4 is 4.74 Å². The van der Waals surface area contributed by atoms with E-state index in [1.807, 2.05) is 0 Å². The van der Waals surface area contributed by atoms with Gasteiger partial charge in [0.05, 0.1) is 18.2 Å². The fourth-order valence-electron chi connectivity index (χ4n) is 1.22. The molecule has 3 nitrogen and oxygen atoms in total. The third-order valence-electron chi connectivity index (χ3n) is 1.98. The van der Waals surface area contributed by atoms with Crippen molar-refractivity contribution in [3.05, 3.63) is 28.2 Å². The lowest BCUT2D eigenvalue weighted by Gasteiger charge is -2.08. The van der Waals surface area contributed by atoms with E-state index >= 15 is 0 Å². The summed E-state index contributed by atoms with van der Waals surface area (Å²) in [6.07, 6.45) is 0.924. The normalized spacial score (nSPS) is 10.1. The molecular formula is C12H14Cl2O3. The van der Waals surface area contributed by atoms with Crippen molar-refractivity contribution in [3.63, 3.8) is 0 Å². The lowest BCUT2D eigenvalue weighted by Crippen LogP contribution is -2.06. The molecule has 0 aromatic heterocycles. The molecule has 0 fully saturated rings. The number of carbonyl (C=O) groups excluding carboxylic acids is 1. The number of carbonyl (C=O) groups is 1. The molecule has 5 heteroatoms. The van der Waals surface area contributed by atoms with Crippen molar-refractivity contribution in [1.82, 2.24) is 0 Å². The second kappa shape index (κ2) is 7.41. The van der Waals surface area contributed by atoms with E-state index in [9.17, 15) is 4.79 Å². The van der Waals surface area contributed by atoms with Gasteiger partial charge >= 0.3 is 5.97 Å². The first-order valence-electron chi connectivity index (χ1n) is 5.37. The number of hydrogen-bond donors (Lipinski definition) is 0. The first-order chi connectivity index (χ1) is 8.13. The van der Waals surface area contributed by atoms with Gasteiger partial charge in [0, 0.05) is 17.5 Å². The Kier molecular flexibility index (Phi) is 6.16. The fourth-order valence-corrected chi connectivity index (χ4v) is 1.55. The average Bonchev–Trinajstić information content (AvgIpc) is 2.29. The maximum atomic E-state index is 11.1. The summed E-state index contributed by atoms with van der Waals surface area (Å²) in [4.78, 5) is 11.1. The van der Waals surface area contributed by atoms with Crippen molar-refractivity contribution in [2.75, 3.05) is 13.2 Å². The van der Waals surface area contributed by atoms with Crippen molar-refractivity contribution in [3.8, 4) is 5.75 Å². The molecule has 0 radical (unpaired) electrons. The van der Waals surface area contributed by atoms with Gasteiger partial charge < -0.3 is 9.47 Å². The molecule has 0 bridgehead atoms. The Labute approximate surface area is 111 Å². The van der Waals surface area contributed by atoms with Gasteiger partial charge in [0.1, 0.15) is 5.75 Å². The lowest BCUT2D eigenvalue weighted by molar-refractivity contribution is -0.143. The minimum Gasteiger partial charge on any atom is -0.492 e. The van der Waals surface area contributed by atoms with Crippen LogP contribution in [0.2, 0.25) is 10.0 Å². The van der Waals surface area contributed by atoms with Crippen LogP contribution >= 0.6 is 23.2 Å². The Morgan fingerprint density at radius 2 is 2.12 bits per heavy atom. The van der Waals surface area contributed by atoms with E-state index in [1.54, 1.807) is 25.1 Å². The largest absolute Gasteiger partial charge is 0.492 e. The second-order valence-corrected chi connectivity index (χ2v) is 4.18. The fraction of sp³-hybridized carbons (Fsp3) is 0.417. The SMILES string of the molecule is CCOC(=O)CCCOc1cc(Cl)ccc1Cl. The van der Waals surface area contributed by atoms with Gasteiger partial charge in [-0.1, -0.05) is 23.2 Å². The van der Waals surface area contributed by atoms with Gasteiger partial charge in [-0.25, -0.2) is 0 Å². The van der Waals surface area contributed by atoms with Crippen LogP contribution in [-0.4, -0.2) is 19.2 Å². The predicted molar refractivity (Wildman–Crippen MR) is 67.8 cm³/mol. The maximum Gasteiger partial charge on any atom is 0.305 e. The Balaban J connectivity index is 2.31. The molecule has 0 unspecified atom stereocenters. The molecule has 0 spiro atoms. The second-order valence-electron chi connectivity index (χ2n) is 3.33. The highest BCUT2D eigenvalue weighted by Gasteiger charge is 2.04. The van der Waals surface area contributed by atoms with E-state index < -0.39 is 0 Å². The third kappa shape index (κ3) is 5.29. The van der Waals surface area contributed by atoms with Crippen molar-refractivity contribution in [2.45, 2.75) is 19.8 Å². The van der Waals surface area contributed by atoms with E-state index in [-0.39, 0.29) is 5.97 Å². The number of esters is 1. The van der Waals surface area contributed by atoms with E-state index in [2.05, 4.69) is 0 Å². The predicted octanol–water partition coefficient (Wildman–Crippen LogP) is 3.72. The quantitative estimate of drug-likeness (QED) is 0.587. The molecule has 0 atom stereocenters. The summed E-state index contributed by atoms with van der Waals surface area (Å²) in [5.74, 6) is 0.316. The smallest absolute Gasteiger partial charge is 0.305 e.